The van der Waals surface area contributed by atoms with Gasteiger partial charge in [0.1, 0.15) is 0 Å². The number of para-hydroxylation sites is 1. The topological polar surface area (TPSA) is 64.0 Å². The Morgan fingerprint density at radius 1 is 1.19 bits per heavy atom. The van der Waals surface area contributed by atoms with Crippen molar-refractivity contribution in [3.8, 4) is 5.69 Å². The van der Waals surface area contributed by atoms with Gasteiger partial charge in [-0.3, -0.25) is 9.00 Å². The number of rotatable bonds is 5. The van der Waals surface area contributed by atoms with Gasteiger partial charge in [-0.05, 0) is 29.8 Å². The number of carbonyl (C=O) groups excluding carboxylic acids is 1. The average Bonchev–Trinajstić information content (AvgIpc) is 3.08. The van der Waals surface area contributed by atoms with E-state index in [1.165, 1.54) is 10.9 Å². The third kappa shape index (κ3) is 4.33. The Hall–Kier alpha value is -2.15. The van der Waals surface area contributed by atoms with Crippen molar-refractivity contribution in [1.82, 2.24) is 9.78 Å². The summed E-state index contributed by atoms with van der Waals surface area (Å²) in [4.78, 5) is 12.5. The number of nitrogens with zero attached hydrogens (tertiary/aromatic N) is 2. The first-order valence-corrected chi connectivity index (χ1v) is 10.1. The largest absolute Gasteiger partial charge is 0.321 e. The molecule has 0 saturated heterocycles. The van der Waals surface area contributed by atoms with Crippen molar-refractivity contribution in [3.63, 3.8) is 0 Å². The lowest BCUT2D eigenvalue weighted by Gasteiger charge is -2.08. The molecule has 0 radical (unpaired) electrons. The number of nitrogens with one attached hydrogen (secondary N) is 1. The summed E-state index contributed by atoms with van der Waals surface area (Å²) in [5.41, 5.74) is 2.34. The van der Waals surface area contributed by atoms with Crippen molar-refractivity contribution in [2.75, 3.05) is 11.6 Å². The van der Waals surface area contributed by atoms with Gasteiger partial charge in [-0.2, -0.15) is 5.10 Å². The lowest BCUT2D eigenvalue weighted by atomic mass is 10.2. The summed E-state index contributed by atoms with van der Waals surface area (Å²) in [6, 6.07) is 12.4. The fraction of sp³-hybridized carbons (Fsp3) is 0.111. The molecule has 1 atom stereocenters. The van der Waals surface area contributed by atoms with Gasteiger partial charge >= 0.3 is 0 Å². The monoisotopic (exact) mass is 407 g/mol. The van der Waals surface area contributed by atoms with Gasteiger partial charge in [0, 0.05) is 29.0 Å². The first kappa shape index (κ1) is 18.6. The van der Waals surface area contributed by atoms with Crippen LogP contribution in [0.4, 0.5) is 5.69 Å². The lowest BCUT2D eigenvalue weighted by molar-refractivity contribution is 0.102. The zero-order chi connectivity index (χ0) is 18.7. The first-order valence-electron chi connectivity index (χ1n) is 7.63. The molecule has 8 heteroatoms. The van der Waals surface area contributed by atoms with Crippen molar-refractivity contribution in [2.45, 2.75) is 5.75 Å². The van der Waals surface area contributed by atoms with E-state index in [2.05, 4.69) is 10.4 Å². The molecule has 1 amide bonds. The molecular weight excluding hydrogens is 393 g/mol. The molecule has 3 rings (SSSR count). The van der Waals surface area contributed by atoms with Gasteiger partial charge in [0.2, 0.25) is 0 Å². The van der Waals surface area contributed by atoms with Gasteiger partial charge in [0.25, 0.3) is 5.91 Å². The maximum Gasteiger partial charge on any atom is 0.258 e. The van der Waals surface area contributed by atoms with Crippen LogP contribution in [0.2, 0.25) is 10.0 Å². The molecule has 2 aromatic carbocycles. The van der Waals surface area contributed by atoms with E-state index < -0.39 is 10.8 Å². The van der Waals surface area contributed by atoms with E-state index in [4.69, 9.17) is 23.2 Å². The molecule has 1 heterocycles. The van der Waals surface area contributed by atoms with Crippen LogP contribution in [-0.2, 0) is 16.6 Å². The minimum absolute atomic E-state index is 0.347. The number of carbonyl (C=O) groups is 1. The number of hydrogen-bond donors (Lipinski definition) is 1. The minimum Gasteiger partial charge on any atom is -0.321 e. The highest BCUT2D eigenvalue weighted by atomic mass is 35.5. The van der Waals surface area contributed by atoms with E-state index in [1.807, 2.05) is 18.2 Å². The predicted octanol–water partition coefficient (Wildman–Crippen LogP) is 4.31. The number of benzene rings is 2. The zero-order valence-electron chi connectivity index (χ0n) is 13.8. The van der Waals surface area contributed by atoms with E-state index in [1.54, 1.807) is 36.7 Å². The van der Waals surface area contributed by atoms with Crippen LogP contribution in [0.5, 0.6) is 0 Å². The second-order valence-electron chi connectivity index (χ2n) is 5.61. The highest BCUT2D eigenvalue weighted by Crippen LogP contribution is 2.25. The van der Waals surface area contributed by atoms with Crippen LogP contribution >= 0.6 is 23.2 Å². The molecule has 0 spiro atoms. The van der Waals surface area contributed by atoms with Crippen molar-refractivity contribution in [3.05, 3.63) is 76.0 Å². The van der Waals surface area contributed by atoms with Gasteiger partial charge in [-0.15, -0.1) is 0 Å². The first-order chi connectivity index (χ1) is 12.4. The van der Waals surface area contributed by atoms with Crippen molar-refractivity contribution in [2.24, 2.45) is 0 Å². The second-order valence-corrected chi connectivity index (χ2v) is 7.86. The number of hydrogen-bond acceptors (Lipinski definition) is 3. The summed E-state index contributed by atoms with van der Waals surface area (Å²) in [7, 11) is -0.982. The Morgan fingerprint density at radius 3 is 2.69 bits per heavy atom. The third-order valence-electron chi connectivity index (χ3n) is 3.59. The molecule has 3 aromatic rings. The number of halogens is 2. The summed E-state index contributed by atoms with van der Waals surface area (Å²) in [5, 5.41) is 7.89. The van der Waals surface area contributed by atoms with Gasteiger partial charge in [0.15, 0.2) is 0 Å². The molecule has 5 nitrogen and oxygen atoms in total. The summed E-state index contributed by atoms with van der Waals surface area (Å²) >= 11 is 12.3. The van der Waals surface area contributed by atoms with E-state index in [-0.39, 0.29) is 5.91 Å². The van der Waals surface area contributed by atoms with Gasteiger partial charge in [-0.1, -0.05) is 41.4 Å². The van der Waals surface area contributed by atoms with Gasteiger partial charge < -0.3 is 5.32 Å². The van der Waals surface area contributed by atoms with E-state index >= 15 is 0 Å². The molecule has 26 heavy (non-hydrogen) atoms. The van der Waals surface area contributed by atoms with Gasteiger partial charge in [-0.25, -0.2) is 4.68 Å². The highest BCUT2D eigenvalue weighted by Gasteiger charge is 2.13. The summed E-state index contributed by atoms with van der Waals surface area (Å²) in [6.45, 7) is 0. The Bertz CT molecular complexity index is 988. The molecule has 0 aliphatic carbocycles. The van der Waals surface area contributed by atoms with Crippen molar-refractivity contribution in [1.29, 1.82) is 0 Å². The highest BCUT2D eigenvalue weighted by molar-refractivity contribution is 7.83. The average molecular weight is 408 g/mol. The standard InChI is InChI=1S/C18H15Cl2N3O2S/c1-26(25)11-12-6-7-14(19)16(8-12)22-18(24)13-9-21-23(10-13)17-5-3-2-4-15(17)20/h2-10H,11H2,1H3,(H,22,24). The fourth-order valence-electron chi connectivity index (χ4n) is 2.40. The van der Waals surface area contributed by atoms with Crippen LogP contribution in [0.1, 0.15) is 15.9 Å². The maximum atomic E-state index is 12.5. The van der Waals surface area contributed by atoms with E-state index in [9.17, 15) is 9.00 Å². The van der Waals surface area contributed by atoms with Crippen LogP contribution in [0.25, 0.3) is 5.69 Å². The van der Waals surface area contributed by atoms with E-state index in [0.717, 1.165) is 5.56 Å². The maximum absolute atomic E-state index is 12.5. The normalized spacial score (nSPS) is 12.0. The van der Waals surface area contributed by atoms with Crippen LogP contribution in [0, 0.1) is 0 Å². The molecule has 0 aliphatic heterocycles. The predicted molar refractivity (Wildman–Crippen MR) is 106 cm³/mol. The molecule has 1 N–H and O–H groups in total. The zero-order valence-corrected chi connectivity index (χ0v) is 16.1. The van der Waals surface area contributed by atoms with Crippen LogP contribution in [0.3, 0.4) is 0 Å². The number of aromatic nitrogens is 2. The molecule has 134 valence electrons. The van der Waals surface area contributed by atoms with Crippen molar-refractivity contribution >= 4 is 45.6 Å². The number of amides is 1. The van der Waals surface area contributed by atoms with Crippen molar-refractivity contribution < 1.29 is 9.00 Å². The van der Waals surface area contributed by atoms with Crippen LogP contribution in [0.15, 0.2) is 54.9 Å². The molecular formula is C18H15Cl2N3O2S. The summed E-state index contributed by atoms with van der Waals surface area (Å²) in [6.07, 6.45) is 4.67. The minimum atomic E-state index is -0.982. The third-order valence-corrected chi connectivity index (χ3v) is 4.98. The van der Waals surface area contributed by atoms with Gasteiger partial charge in [0.05, 0.1) is 33.2 Å². The van der Waals surface area contributed by atoms with Crippen LogP contribution < -0.4 is 5.32 Å². The molecule has 0 saturated carbocycles. The second kappa shape index (κ2) is 8.03. The Morgan fingerprint density at radius 2 is 1.96 bits per heavy atom. The smallest absolute Gasteiger partial charge is 0.258 e. The lowest BCUT2D eigenvalue weighted by Crippen LogP contribution is -2.12. The number of anilines is 1. The Kier molecular flexibility index (Phi) is 5.76. The molecule has 1 unspecified atom stereocenters. The Labute approximate surface area is 163 Å². The fourth-order valence-corrected chi connectivity index (χ4v) is 3.43. The summed E-state index contributed by atoms with van der Waals surface area (Å²) in [5.74, 6) is 0.0461. The molecule has 1 aromatic heterocycles. The SMILES string of the molecule is CS(=O)Cc1ccc(Cl)c(NC(=O)c2cnn(-c3ccccc3Cl)c2)c1. The van der Waals surface area contributed by atoms with Crippen LogP contribution in [-0.4, -0.2) is 26.2 Å². The molecule has 0 fully saturated rings. The quantitative estimate of drug-likeness (QED) is 0.684. The summed E-state index contributed by atoms with van der Waals surface area (Å²) < 4.78 is 12.9. The van der Waals surface area contributed by atoms with E-state index in [0.29, 0.717) is 32.7 Å². The molecule has 0 bridgehead atoms. The Balaban J connectivity index is 1.81. The molecule has 0 aliphatic rings.